The van der Waals surface area contributed by atoms with Gasteiger partial charge in [0.25, 0.3) is 0 Å². The highest BCUT2D eigenvalue weighted by molar-refractivity contribution is 9.10. The summed E-state index contributed by atoms with van der Waals surface area (Å²) in [5.74, 6) is -2.89. The Morgan fingerprint density at radius 3 is 2.07 bits per heavy atom. The number of hydrogen-bond donors (Lipinski definition) is 2. The highest BCUT2D eigenvalue weighted by Crippen LogP contribution is 2.45. The van der Waals surface area contributed by atoms with Gasteiger partial charge < -0.3 is 29.2 Å². The number of carbonyl (C=O) groups excluding carboxylic acids is 3. The number of carbonyl (C=O) groups is 4. The Morgan fingerprint density at radius 2 is 1.46 bits per heavy atom. The molecule has 0 fully saturated rings. The zero-order valence-corrected chi connectivity index (χ0v) is 33.5. The predicted molar refractivity (Wildman–Crippen MR) is 204 cm³/mol. The summed E-state index contributed by atoms with van der Waals surface area (Å²) in [5.41, 5.74) is 5.52. The molecule has 4 aromatic rings. The van der Waals surface area contributed by atoms with Crippen molar-refractivity contribution in [2.45, 2.75) is 75.7 Å². The molecule has 1 unspecified atom stereocenters. The van der Waals surface area contributed by atoms with Crippen LogP contribution in [0.4, 0.5) is 0 Å². The SMILES string of the molecule is CCc1c(C)c(C(=O)O)c(C)c(C)c1Oc1nc(C)nc2c(C)c(OC(=O)c3c(C)c(C)c(OC(=O)C4C(C)=CC(=O)C=C4OC)c(Br)c3O)cc(C)c12. The predicted octanol–water partition coefficient (Wildman–Crippen LogP) is 8.42. The van der Waals surface area contributed by atoms with E-state index in [0.717, 1.165) is 5.56 Å². The summed E-state index contributed by atoms with van der Waals surface area (Å²) in [5, 5.41) is 21.8. The van der Waals surface area contributed by atoms with Gasteiger partial charge in [-0.2, -0.15) is 4.98 Å². The number of allylic oxidation sites excluding steroid dienone is 2. The van der Waals surface area contributed by atoms with Gasteiger partial charge in [0.15, 0.2) is 11.5 Å². The van der Waals surface area contributed by atoms with Crippen LogP contribution in [0.5, 0.6) is 28.9 Å². The highest BCUT2D eigenvalue weighted by atomic mass is 79.9. The second-order valence-corrected chi connectivity index (χ2v) is 14.1. The number of hydrogen-bond acceptors (Lipinski definition) is 11. The van der Waals surface area contributed by atoms with E-state index < -0.39 is 29.6 Å². The lowest BCUT2D eigenvalue weighted by molar-refractivity contribution is -0.137. The largest absolute Gasteiger partial charge is 0.506 e. The van der Waals surface area contributed by atoms with Crippen LogP contribution in [-0.2, 0) is 20.7 Å². The zero-order chi connectivity index (χ0) is 40.1. The number of methoxy groups -OCH3 is 1. The molecule has 13 heteroatoms. The summed E-state index contributed by atoms with van der Waals surface area (Å²) < 4.78 is 23.5. The standard InChI is InChI=1S/C41H41BrN2O10/c1-12-26-22(8)31(39(47)48)18(4)20(6)36(26)53-38-30-17(3)14-27(23(9)34(30)43-24(10)44-38)52-41(50)32-19(5)21(7)37(33(42)35(32)46)54-40(49)29-16(2)13-25(45)15-28(29)51-11/h13-15,29,46H,12H2,1-11H3,(H,47,48). The van der Waals surface area contributed by atoms with Gasteiger partial charge in [-0.1, -0.05) is 6.92 Å². The van der Waals surface area contributed by atoms with Crippen LogP contribution >= 0.6 is 15.9 Å². The lowest BCUT2D eigenvalue weighted by Gasteiger charge is -2.23. The summed E-state index contributed by atoms with van der Waals surface area (Å²) in [6.45, 7) is 17.4. The Bertz CT molecular complexity index is 2360. The van der Waals surface area contributed by atoms with Gasteiger partial charge in [-0.3, -0.25) is 9.59 Å². The molecule has 0 spiro atoms. The van der Waals surface area contributed by atoms with E-state index in [1.54, 1.807) is 61.5 Å². The number of benzene rings is 3. The quantitative estimate of drug-likeness (QED) is 0.123. The smallest absolute Gasteiger partial charge is 0.347 e. The number of aromatic carboxylic acids is 1. The van der Waals surface area contributed by atoms with Crippen molar-refractivity contribution >= 4 is 50.5 Å². The maximum Gasteiger partial charge on any atom is 0.347 e. The van der Waals surface area contributed by atoms with Crippen LogP contribution in [0.3, 0.4) is 0 Å². The minimum absolute atomic E-state index is 0.00593. The van der Waals surface area contributed by atoms with Crippen molar-refractivity contribution in [3.63, 3.8) is 0 Å². The molecule has 12 nitrogen and oxygen atoms in total. The minimum atomic E-state index is -1.00. The molecule has 3 aromatic carbocycles. The van der Waals surface area contributed by atoms with Crippen molar-refractivity contribution in [3.05, 3.63) is 95.5 Å². The second kappa shape index (κ2) is 15.1. The molecule has 1 heterocycles. The van der Waals surface area contributed by atoms with Crippen molar-refractivity contribution in [2.24, 2.45) is 5.92 Å². The Labute approximate surface area is 321 Å². The lowest BCUT2D eigenvalue weighted by atomic mass is 9.91. The van der Waals surface area contributed by atoms with Crippen LogP contribution in [0.15, 0.2) is 34.0 Å². The summed E-state index contributed by atoms with van der Waals surface area (Å²) in [6, 6.07) is 1.66. The number of aromatic nitrogens is 2. The number of phenolic OH excluding ortho intramolecular Hbond substituents is 1. The van der Waals surface area contributed by atoms with Crippen LogP contribution < -0.4 is 14.2 Å². The number of carboxylic acid groups (broad SMARTS) is 1. The number of aromatic hydroxyl groups is 1. The van der Waals surface area contributed by atoms with E-state index in [4.69, 9.17) is 18.9 Å². The fourth-order valence-electron chi connectivity index (χ4n) is 6.89. The van der Waals surface area contributed by atoms with Crippen molar-refractivity contribution < 1.29 is 48.3 Å². The average Bonchev–Trinajstić information content (AvgIpc) is 3.09. The van der Waals surface area contributed by atoms with Crippen LogP contribution in [0.25, 0.3) is 10.9 Å². The van der Waals surface area contributed by atoms with Crippen molar-refractivity contribution in [2.75, 3.05) is 7.11 Å². The molecular formula is C41H41BrN2O10. The van der Waals surface area contributed by atoms with Gasteiger partial charge in [0.2, 0.25) is 5.88 Å². The Hall–Kier alpha value is -5.56. The molecule has 0 saturated carbocycles. The minimum Gasteiger partial charge on any atom is -0.506 e. The maximum atomic E-state index is 13.8. The molecule has 0 aliphatic heterocycles. The summed E-state index contributed by atoms with van der Waals surface area (Å²) in [6.07, 6.45) is 3.06. The molecule has 0 saturated heterocycles. The van der Waals surface area contributed by atoms with E-state index in [0.29, 0.717) is 73.4 Å². The van der Waals surface area contributed by atoms with Crippen molar-refractivity contribution in [1.29, 1.82) is 0 Å². The number of esters is 2. The lowest BCUT2D eigenvalue weighted by Crippen LogP contribution is -2.28. The molecular weight excluding hydrogens is 760 g/mol. The van der Waals surface area contributed by atoms with Crippen molar-refractivity contribution in [1.82, 2.24) is 9.97 Å². The third-order valence-electron chi connectivity index (χ3n) is 10.00. The first-order valence-corrected chi connectivity index (χ1v) is 17.9. The van der Waals surface area contributed by atoms with E-state index in [-0.39, 0.29) is 44.5 Å². The second-order valence-electron chi connectivity index (χ2n) is 13.3. The normalized spacial score (nSPS) is 14.1. The monoisotopic (exact) mass is 800 g/mol. The van der Waals surface area contributed by atoms with E-state index in [1.807, 2.05) is 13.8 Å². The Morgan fingerprint density at radius 1 is 0.833 bits per heavy atom. The van der Waals surface area contributed by atoms with Gasteiger partial charge in [0.1, 0.15) is 44.8 Å². The maximum absolute atomic E-state index is 13.8. The first-order chi connectivity index (χ1) is 25.3. The van der Waals surface area contributed by atoms with Gasteiger partial charge in [0.05, 0.1) is 23.6 Å². The molecule has 54 heavy (non-hydrogen) atoms. The number of phenols is 1. The number of ether oxygens (including phenoxy) is 4. The van der Waals surface area contributed by atoms with Crippen LogP contribution in [0.1, 0.15) is 84.9 Å². The number of halogens is 1. The topological polar surface area (TPSA) is 171 Å². The molecule has 1 aromatic heterocycles. The van der Waals surface area contributed by atoms with Gasteiger partial charge >= 0.3 is 17.9 Å². The summed E-state index contributed by atoms with van der Waals surface area (Å²) >= 11 is 3.31. The first kappa shape index (κ1) is 39.6. The Kier molecular flexibility index (Phi) is 11.1. The molecule has 1 atom stereocenters. The highest BCUT2D eigenvalue weighted by Gasteiger charge is 2.34. The number of carboxylic acids is 1. The number of ketones is 1. The molecule has 1 aliphatic rings. The number of aryl methyl sites for hydroxylation is 3. The Balaban J connectivity index is 1.52. The third kappa shape index (κ3) is 6.84. The molecule has 0 radical (unpaired) electrons. The summed E-state index contributed by atoms with van der Waals surface area (Å²) in [4.78, 5) is 60.6. The third-order valence-corrected chi connectivity index (χ3v) is 10.7. The molecule has 2 N–H and O–H groups in total. The van der Waals surface area contributed by atoms with Gasteiger partial charge in [0, 0.05) is 11.6 Å². The fourth-order valence-corrected chi connectivity index (χ4v) is 7.47. The molecule has 1 aliphatic carbocycles. The van der Waals surface area contributed by atoms with Gasteiger partial charge in [-0.15, -0.1) is 0 Å². The zero-order valence-electron chi connectivity index (χ0n) is 31.9. The van der Waals surface area contributed by atoms with E-state index >= 15 is 0 Å². The number of fused-ring (bicyclic) bond motifs is 1. The van der Waals surface area contributed by atoms with E-state index in [9.17, 15) is 29.4 Å². The summed E-state index contributed by atoms with van der Waals surface area (Å²) in [7, 11) is 1.35. The van der Waals surface area contributed by atoms with E-state index in [1.165, 1.54) is 19.3 Å². The van der Waals surface area contributed by atoms with Gasteiger partial charge in [-0.05, 0) is 141 Å². The van der Waals surface area contributed by atoms with Gasteiger partial charge in [-0.25, -0.2) is 14.6 Å². The molecule has 0 amide bonds. The van der Waals surface area contributed by atoms with Crippen LogP contribution in [0.2, 0.25) is 0 Å². The fraction of sp³-hybridized carbons (Fsp3) is 0.317. The van der Waals surface area contributed by atoms with Crippen LogP contribution in [-0.4, -0.2) is 51.0 Å². The van der Waals surface area contributed by atoms with E-state index in [2.05, 4.69) is 25.9 Å². The first-order valence-electron chi connectivity index (χ1n) is 17.1. The molecule has 5 rings (SSSR count). The molecule has 0 bridgehead atoms. The van der Waals surface area contributed by atoms with Crippen molar-refractivity contribution in [3.8, 4) is 28.9 Å². The van der Waals surface area contributed by atoms with Crippen LogP contribution in [0, 0.1) is 61.3 Å². The number of nitrogens with zero attached hydrogens (tertiary/aromatic N) is 2. The number of rotatable bonds is 9. The average molecular weight is 802 g/mol. The molecule has 282 valence electrons.